The van der Waals surface area contributed by atoms with Gasteiger partial charge in [0, 0.05) is 45.5 Å². The number of hydrogen-bond acceptors (Lipinski definition) is 4. The van der Waals surface area contributed by atoms with Crippen LogP contribution in [0.5, 0.6) is 0 Å². The SMILES string of the molecule is N#C/C(=C/NCCc1cccc(F)c1)C(=O)N1CCN(Cc2ccccc2)CC1. The Hall–Kier alpha value is -3.17. The van der Waals surface area contributed by atoms with E-state index in [4.69, 9.17) is 0 Å². The number of carbonyl (C=O) groups is 1. The summed E-state index contributed by atoms with van der Waals surface area (Å²) in [6.07, 6.45) is 2.08. The Bertz CT molecular complexity index is 883. The highest BCUT2D eigenvalue weighted by molar-refractivity contribution is 5.97. The van der Waals surface area contributed by atoms with Crippen LogP contribution in [0.4, 0.5) is 4.39 Å². The molecule has 3 rings (SSSR count). The molecule has 0 aromatic heterocycles. The minimum absolute atomic E-state index is 0.0979. The maximum Gasteiger partial charge on any atom is 0.266 e. The van der Waals surface area contributed by atoms with Gasteiger partial charge in [-0.15, -0.1) is 0 Å². The van der Waals surface area contributed by atoms with Gasteiger partial charge in [-0.2, -0.15) is 5.26 Å². The van der Waals surface area contributed by atoms with Crippen LogP contribution in [0.3, 0.4) is 0 Å². The first-order chi connectivity index (χ1) is 14.2. The first-order valence-electron chi connectivity index (χ1n) is 9.79. The number of nitrogens with zero attached hydrogens (tertiary/aromatic N) is 3. The summed E-state index contributed by atoms with van der Waals surface area (Å²) < 4.78 is 13.2. The Morgan fingerprint density at radius 1 is 1.07 bits per heavy atom. The lowest BCUT2D eigenvalue weighted by Gasteiger charge is -2.34. The molecule has 0 spiro atoms. The lowest BCUT2D eigenvalue weighted by atomic mass is 10.1. The summed E-state index contributed by atoms with van der Waals surface area (Å²) in [4.78, 5) is 16.7. The third-order valence-corrected chi connectivity index (χ3v) is 4.95. The van der Waals surface area contributed by atoms with Crippen molar-refractivity contribution < 1.29 is 9.18 Å². The van der Waals surface area contributed by atoms with Crippen molar-refractivity contribution in [3.8, 4) is 6.07 Å². The van der Waals surface area contributed by atoms with Gasteiger partial charge in [0.05, 0.1) is 0 Å². The van der Waals surface area contributed by atoms with Gasteiger partial charge in [-0.1, -0.05) is 42.5 Å². The molecule has 0 bridgehead atoms. The summed E-state index contributed by atoms with van der Waals surface area (Å²) >= 11 is 0. The van der Waals surface area contributed by atoms with Gasteiger partial charge in [0.1, 0.15) is 17.5 Å². The zero-order valence-corrected chi connectivity index (χ0v) is 16.4. The van der Waals surface area contributed by atoms with E-state index in [9.17, 15) is 14.4 Å². The summed E-state index contributed by atoms with van der Waals surface area (Å²) in [7, 11) is 0. The van der Waals surface area contributed by atoms with Crippen molar-refractivity contribution in [2.24, 2.45) is 0 Å². The highest BCUT2D eigenvalue weighted by atomic mass is 19.1. The lowest BCUT2D eigenvalue weighted by Crippen LogP contribution is -2.48. The molecule has 29 heavy (non-hydrogen) atoms. The van der Waals surface area contributed by atoms with Gasteiger partial charge >= 0.3 is 0 Å². The van der Waals surface area contributed by atoms with Crippen molar-refractivity contribution >= 4 is 5.91 Å². The molecule has 0 atom stereocenters. The van der Waals surface area contributed by atoms with Gasteiger partial charge in [-0.05, 0) is 29.7 Å². The standard InChI is InChI=1S/C23H25FN4O/c24-22-8-4-7-19(15-22)9-10-26-17-21(16-25)23(29)28-13-11-27(12-14-28)18-20-5-2-1-3-6-20/h1-8,15,17,26H,9-14,18H2/b21-17-. The summed E-state index contributed by atoms with van der Waals surface area (Å²) in [5.74, 6) is -0.512. The summed E-state index contributed by atoms with van der Waals surface area (Å²) in [6, 6.07) is 18.7. The second-order valence-corrected chi connectivity index (χ2v) is 7.06. The molecule has 1 amide bonds. The molecule has 0 radical (unpaired) electrons. The fraction of sp³-hybridized carbons (Fsp3) is 0.304. The number of nitriles is 1. The average molecular weight is 392 g/mol. The lowest BCUT2D eigenvalue weighted by molar-refractivity contribution is -0.128. The fourth-order valence-corrected chi connectivity index (χ4v) is 3.35. The quantitative estimate of drug-likeness (QED) is 0.447. The first kappa shape index (κ1) is 20.6. The van der Waals surface area contributed by atoms with E-state index in [1.165, 1.54) is 23.9 Å². The third kappa shape index (κ3) is 6.16. The van der Waals surface area contributed by atoms with Crippen LogP contribution in [0.25, 0.3) is 0 Å². The minimum atomic E-state index is -0.266. The van der Waals surface area contributed by atoms with Gasteiger partial charge < -0.3 is 10.2 Å². The van der Waals surface area contributed by atoms with Crippen LogP contribution in [-0.2, 0) is 17.8 Å². The highest BCUT2D eigenvalue weighted by Crippen LogP contribution is 2.10. The molecule has 1 fully saturated rings. The number of piperazine rings is 1. The van der Waals surface area contributed by atoms with Crippen LogP contribution in [0, 0.1) is 17.1 Å². The summed E-state index contributed by atoms with van der Waals surface area (Å²) in [5.41, 5.74) is 2.22. The van der Waals surface area contributed by atoms with Crippen molar-refractivity contribution in [2.45, 2.75) is 13.0 Å². The van der Waals surface area contributed by atoms with Gasteiger partial charge in [0.25, 0.3) is 5.91 Å². The molecule has 0 saturated carbocycles. The molecule has 1 aliphatic rings. The predicted molar refractivity (Wildman–Crippen MR) is 110 cm³/mol. The number of rotatable bonds is 7. The van der Waals surface area contributed by atoms with E-state index in [0.717, 1.165) is 25.2 Å². The highest BCUT2D eigenvalue weighted by Gasteiger charge is 2.23. The first-order valence-corrected chi connectivity index (χ1v) is 9.79. The van der Waals surface area contributed by atoms with Crippen LogP contribution < -0.4 is 5.32 Å². The van der Waals surface area contributed by atoms with E-state index in [-0.39, 0.29) is 17.3 Å². The Kier molecular flexibility index (Phi) is 7.37. The zero-order valence-electron chi connectivity index (χ0n) is 16.4. The predicted octanol–water partition coefficient (Wildman–Crippen LogP) is 2.71. The Balaban J connectivity index is 1.45. The topological polar surface area (TPSA) is 59.4 Å². The molecule has 1 aliphatic heterocycles. The maximum atomic E-state index is 13.2. The monoisotopic (exact) mass is 392 g/mol. The number of nitrogens with one attached hydrogen (secondary N) is 1. The third-order valence-electron chi connectivity index (χ3n) is 4.95. The van der Waals surface area contributed by atoms with E-state index in [2.05, 4.69) is 22.3 Å². The van der Waals surface area contributed by atoms with E-state index in [0.29, 0.717) is 26.1 Å². The van der Waals surface area contributed by atoms with Crippen molar-refractivity contribution in [2.75, 3.05) is 32.7 Å². The number of carbonyl (C=O) groups excluding carboxylic acids is 1. The average Bonchev–Trinajstić information content (AvgIpc) is 2.75. The Morgan fingerprint density at radius 2 is 1.79 bits per heavy atom. The summed E-state index contributed by atoms with van der Waals surface area (Å²) in [6.45, 7) is 4.17. The number of hydrogen-bond donors (Lipinski definition) is 1. The van der Waals surface area contributed by atoms with E-state index >= 15 is 0 Å². The Labute approximate surface area is 171 Å². The van der Waals surface area contributed by atoms with Crippen molar-refractivity contribution in [1.29, 1.82) is 5.26 Å². The fourth-order valence-electron chi connectivity index (χ4n) is 3.35. The molecule has 1 N–H and O–H groups in total. The van der Waals surface area contributed by atoms with Gasteiger partial charge in [-0.3, -0.25) is 9.69 Å². The van der Waals surface area contributed by atoms with Crippen molar-refractivity contribution in [1.82, 2.24) is 15.1 Å². The largest absolute Gasteiger partial charge is 0.389 e. The molecular weight excluding hydrogens is 367 g/mol. The number of amides is 1. The zero-order chi connectivity index (χ0) is 20.5. The van der Waals surface area contributed by atoms with Gasteiger partial charge in [0.15, 0.2) is 0 Å². The van der Waals surface area contributed by atoms with Crippen LogP contribution >= 0.6 is 0 Å². The van der Waals surface area contributed by atoms with Crippen LogP contribution in [0.2, 0.25) is 0 Å². The van der Waals surface area contributed by atoms with E-state index in [1.54, 1.807) is 11.0 Å². The van der Waals surface area contributed by atoms with Crippen molar-refractivity contribution in [3.05, 3.63) is 83.3 Å². The van der Waals surface area contributed by atoms with E-state index in [1.807, 2.05) is 30.3 Å². The van der Waals surface area contributed by atoms with Crippen LogP contribution in [0.15, 0.2) is 66.4 Å². The molecular formula is C23H25FN4O. The molecule has 150 valence electrons. The summed E-state index contributed by atoms with van der Waals surface area (Å²) in [5, 5.41) is 12.4. The second-order valence-electron chi connectivity index (χ2n) is 7.06. The van der Waals surface area contributed by atoms with Crippen LogP contribution in [0.1, 0.15) is 11.1 Å². The number of halogens is 1. The van der Waals surface area contributed by atoms with Gasteiger partial charge in [0.2, 0.25) is 0 Å². The van der Waals surface area contributed by atoms with E-state index < -0.39 is 0 Å². The maximum absolute atomic E-state index is 13.2. The van der Waals surface area contributed by atoms with Gasteiger partial charge in [-0.25, -0.2) is 4.39 Å². The molecule has 1 saturated heterocycles. The Morgan fingerprint density at radius 3 is 2.48 bits per heavy atom. The second kappa shape index (κ2) is 10.4. The molecule has 0 aliphatic carbocycles. The minimum Gasteiger partial charge on any atom is -0.389 e. The molecule has 0 unspecified atom stereocenters. The molecule has 2 aromatic carbocycles. The number of benzene rings is 2. The normalized spacial score (nSPS) is 15.0. The smallest absolute Gasteiger partial charge is 0.266 e. The molecule has 2 aromatic rings. The van der Waals surface area contributed by atoms with Crippen molar-refractivity contribution in [3.63, 3.8) is 0 Å². The van der Waals surface area contributed by atoms with Crippen LogP contribution in [-0.4, -0.2) is 48.4 Å². The molecule has 5 nitrogen and oxygen atoms in total. The molecule has 1 heterocycles. The molecule has 6 heteroatoms.